The number of imidazole rings is 1. The van der Waals surface area contributed by atoms with Gasteiger partial charge in [0, 0.05) is 18.9 Å². The Morgan fingerprint density at radius 2 is 2.19 bits per heavy atom. The number of rotatable bonds is 3. The molecule has 1 fully saturated rings. The zero-order valence-corrected chi connectivity index (χ0v) is 9.78. The van der Waals surface area contributed by atoms with Crippen molar-refractivity contribution in [1.82, 2.24) is 9.55 Å². The van der Waals surface area contributed by atoms with Gasteiger partial charge in [-0.3, -0.25) is 4.79 Å². The molecule has 2 rings (SSSR count). The largest absolute Gasteiger partial charge is 0.329 e. The van der Waals surface area contributed by atoms with Gasteiger partial charge in [-0.25, -0.2) is 4.98 Å². The van der Waals surface area contributed by atoms with Crippen LogP contribution in [0.4, 0.5) is 0 Å². The zero-order chi connectivity index (χ0) is 11.4. The first-order valence-corrected chi connectivity index (χ1v) is 6.06. The van der Waals surface area contributed by atoms with Gasteiger partial charge in [-0.1, -0.05) is 12.0 Å². The van der Waals surface area contributed by atoms with E-state index in [1.165, 1.54) is 24.8 Å². The Morgan fingerprint density at radius 3 is 2.88 bits per heavy atom. The average molecular weight is 218 g/mol. The van der Waals surface area contributed by atoms with Crippen LogP contribution in [0, 0.1) is 0 Å². The molecule has 0 N–H and O–H groups in total. The molecule has 1 aliphatic rings. The summed E-state index contributed by atoms with van der Waals surface area (Å²) in [6.07, 6.45) is 11.3. The van der Waals surface area contributed by atoms with Gasteiger partial charge in [-0.05, 0) is 38.7 Å². The SMILES string of the molecule is CCn1ccnc1C(=O)C=C1CCCCC1. The molecule has 0 amide bonds. The lowest BCUT2D eigenvalue weighted by atomic mass is 9.94. The molecule has 0 bridgehead atoms. The summed E-state index contributed by atoms with van der Waals surface area (Å²) in [5.74, 6) is 0.629. The van der Waals surface area contributed by atoms with Gasteiger partial charge in [0.05, 0.1) is 0 Å². The third-order valence-electron chi connectivity index (χ3n) is 3.11. The van der Waals surface area contributed by atoms with Gasteiger partial charge >= 0.3 is 0 Å². The number of aromatic nitrogens is 2. The van der Waals surface area contributed by atoms with Crippen LogP contribution in [0.2, 0.25) is 0 Å². The van der Waals surface area contributed by atoms with Crippen molar-refractivity contribution >= 4 is 5.78 Å². The second-order valence-corrected chi connectivity index (χ2v) is 4.26. The van der Waals surface area contributed by atoms with Gasteiger partial charge in [0.2, 0.25) is 5.78 Å². The van der Waals surface area contributed by atoms with E-state index < -0.39 is 0 Å². The molecule has 1 saturated carbocycles. The minimum absolute atomic E-state index is 0.0590. The molecule has 0 atom stereocenters. The summed E-state index contributed by atoms with van der Waals surface area (Å²) in [6, 6.07) is 0. The molecule has 1 aliphatic carbocycles. The highest BCUT2D eigenvalue weighted by molar-refractivity contribution is 6.02. The Kier molecular flexibility index (Phi) is 3.54. The summed E-state index contributed by atoms with van der Waals surface area (Å²) in [7, 11) is 0. The van der Waals surface area contributed by atoms with Crippen molar-refractivity contribution in [3.8, 4) is 0 Å². The first-order valence-electron chi connectivity index (χ1n) is 6.06. The third-order valence-corrected chi connectivity index (χ3v) is 3.11. The Hall–Kier alpha value is -1.38. The number of nitrogens with zero attached hydrogens (tertiary/aromatic N) is 2. The molecule has 1 heterocycles. The van der Waals surface area contributed by atoms with E-state index in [0.29, 0.717) is 5.82 Å². The van der Waals surface area contributed by atoms with Crippen LogP contribution >= 0.6 is 0 Å². The molecular formula is C13H18N2O. The lowest BCUT2D eigenvalue weighted by Crippen LogP contribution is -2.08. The second-order valence-electron chi connectivity index (χ2n) is 4.26. The highest BCUT2D eigenvalue weighted by atomic mass is 16.1. The highest BCUT2D eigenvalue weighted by Crippen LogP contribution is 2.23. The summed E-state index contributed by atoms with van der Waals surface area (Å²) in [4.78, 5) is 16.1. The fourth-order valence-electron chi connectivity index (χ4n) is 2.19. The molecule has 0 aliphatic heterocycles. The van der Waals surface area contributed by atoms with Crippen LogP contribution in [0.5, 0.6) is 0 Å². The molecule has 16 heavy (non-hydrogen) atoms. The van der Waals surface area contributed by atoms with Crippen molar-refractivity contribution in [2.45, 2.75) is 45.6 Å². The fraction of sp³-hybridized carbons (Fsp3) is 0.538. The van der Waals surface area contributed by atoms with Gasteiger partial charge in [-0.15, -0.1) is 0 Å². The van der Waals surface area contributed by atoms with Gasteiger partial charge in [-0.2, -0.15) is 0 Å². The summed E-state index contributed by atoms with van der Waals surface area (Å²) >= 11 is 0. The molecule has 0 saturated heterocycles. The number of carbonyl (C=O) groups is 1. The lowest BCUT2D eigenvalue weighted by Gasteiger charge is -2.12. The van der Waals surface area contributed by atoms with E-state index in [0.717, 1.165) is 19.4 Å². The molecule has 0 radical (unpaired) electrons. The van der Waals surface area contributed by atoms with E-state index in [2.05, 4.69) is 4.98 Å². The average Bonchev–Trinajstić information content (AvgIpc) is 2.78. The van der Waals surface area contributed by atoms with Crippen molar-refractivity contribution in [2.24, 2.45) is 0 Å². The topological polar surface area (TPSA) is 34.9 Å². The maximum atomic E-state index is 12.0. The number of carbonyl (C=O) groups excluding carboxylic acids is 1. The van der Waals surface area contributed by atoms with Crippen molar-refractivity contribution < 1.29 is 4.79 Å². The van der Waals surface area contributed by atoms with Crippen LogP contribution in [-0.2, 0) is 6.54 Å². The van der Waals surface area contributed by atoms with E-state index in [9.17, 15) is 4.79 Å². The first kappa shape index (κ1) is 11.1. The minimum atomic E-state index is 0.0590. The molecule has 1 aromatic rings. The van der Waals surface area contributed by atoms with Crippen molar-refractivity contribution in [2.75, 3.05) is 0 Å². The molecule has 3 nitrogen and oxygen atoms in total. The van der Waals surface area contributed by atoms with E-state index in [1.54, 1.807) is 12.3 Å². The smallest absolute Gasteiger partial charge is 0.221 e. The van der Waals surface area contributed by atoms with Crippen molar-refractivity contribution in [1.29, 1.82) is 0 Å². The van der Waals surface area contributed by atoms with Gasteiger partial charge in [0.1, 0.15) is 0 Å². The maximum Gasteiger partial charge on any atom is 0.221 e. The Balaban J connectivity index is 2.13. The second kappa shape index (κ2) is 5.10. The maximum absolute atomic E-state index is 12.0. The van der Waals surface area contributed by atoms with Gasteiger partial charge in [0.25, 0.3) is 0 Å². The van der Waals surface area contributed by atoms with E-state index in [4.69, 9.17) is 0 Å². The van der Waals surface area contributed by atoms with E-state index in [-0.39, 0.29) is 5.78 Å². The van der Waals surface area contributed by atoms with Crippen molar-refractivity contribution in [3.05, 3.63) is 29.9 Å². The molecule has 0 aromatic carbocycles. The van der Waals surface area contributed by atoms with Crippen LogP contribution in [0.3, 0.4) is 0 Å². The van der Waals surface area contributed by atoms with Gasteiger partial charge < -0.3 is 4.57 Å². The number of ketones is 1. The number of allylic oxidation sites excluding steroid dienone is 2. The number of aryl methyl sites for hydroxylation is 1. The monoisotopic (exact) mass is 218 g/mol. The summed E-state index contributed by atoms with van der Waals surface area (Å²) in [5.41, 5.74) is 1.29. The highest BCUT2D eigenvalue weighted by Gasteiger charge is 2.12. The number of hydrogen-bond acceptors (Lipinski definition) is 2. The standard InChI is InChI=1S/C13H18N2O/c1-2-15-9-8-14-13(15)12(16)10-11-6-4-3-5-7-11/h8-10H,2-7H2,1H3. The predicted molar refractivity (Wildman–Crippen MR) is 63.4 cm³/mol. The van der Waals surface area contributed by atoms with Crippen LogP contribution < -0.4 is 0 Å². The van der Waals surface area contributed by atoms with Crippen LogP contribution in [0.25, 0.3) is 0 Å². The van der Waals surface area contributed by atoms with Gasteiger partial charge in [0.15, 0.2) is 5.82 Å². The summed E-state index contributed by atoms with van der Waals surface area (Å²) in [6.45, 7) is 2.82. The third kappa shape index (κ3) is 2.40. The normalized spacial score (nSPS) is 16.2. The van der Waals surface area contributed by atoms with Crippen LogP contribution in [0.15, 0.2) is 24.0 Å². The minimum Gasteiger partial charge on any atom is -0.329 e. The van der Waals surface area contributed by atoms with Crippen LogP contribution in [-0.4, -0.2) is 15.3 Å². The summed E-state index contributed by atoms with van der Waals surface area (Å²) < 4.78 is 1.89. The molecular weight excluding hydrogens is 200 g/mol. The molecule has 1 aromatic heterocycles. The molecule has 3 heteroatoms. The molecule has 0 spiro atoms. The van der Waals surface area contributed by atoms with E-state index >= 15 is 0 Å². The Labute approximate surface area is 96.2 Å². The number of hydrogen-bond donors (Lipinski definition) is 0. The van der Waals surface area contributed by atoms with Crippen LogP contribution in [0.1, 0.15) is 49.6 Å². The predicted octanol–water partition coefficient (Wildman–Crippen LogP) is 2.98. The quantitative estimate of drug-likeness (QED) is 0.577. The van der Waals surface area contributed by atoms with Crippen molar-refractivity contribution in [3.63, 3.8) is 0 Å². The molecule has 0 unspecified atom stereocenters. The molecule has 86 valence electrons. The Morgan fingerprint density at radius 1 is 1.44 bits per heavy atom. The van der Waals surface area contributed by atoms with E-state index in [1.807, 2.05) is 17.7 Å². The fourth-order valence-corrected chi connectivity index (χ4v) is 2.19. The lowest BCUT2D eigenvalue weighted by molar-refractivity contribution is 0.103. The Bertz CT molecular complexity index is 396. The zero-order valence-electron chi connectivity index (χ0n) is 9.78. The summed E-state index contributed by atoms with van der Waals surface area (Å²) in [5, 5.41) is 0. The first-order chi connectivity index (χ1) is 7.81.